The van der Waals surface area contributed by atoms with Crippen LogP contribution in [0.3, 0.4) is 0 Å². The third kappa shape index (κ3) is 3.44. The Bertz CT molecular complexity index is 874. The summed E-state index contributed by atoms with van der Waals surface area (Å²) in [6.45, 7) is 2.37. The first-order valence-corrected chi connectivity index (χ1v) is 7.84. The average molecular weight is 349 g/mol. The summed E-state index contributed by atoms with van der Waals surface area (Å²) in [5, 5.41) is 4.86. The molecule has 0 fully saturated rings. The SMILES string of the molecule is CCOc1ccc(Cl)cc1NC(=O)c1cc2ccc(Cl)cc2[nH]1. The van der Waals surface area contributed by atoms with E-state index >= 15 is 0 Å². The molecule has 0 aliphatic heterocycles. The number of aromatic amines is 1. The van der Waals surface area contributed by atoms with Gasteiger partial charge >= 0.3 is 0 Å². The van der Waals surface area contributed by atoms with Crippen molar-refractivity contribution in [1.82, 2.24) is 4.98 Å². The minimum absolute atomic E-state index is 0.277. The lowest BCUT2D eigenvalue weighted by Crippen LogP contribution is -2.13. The highest BCUT2D eigenvalue weighted by atomic mass is 35.5. The van der Waals surface area contributed by atoms with Gasteiger partial charge in [0.1, 0.15) is 11.4 Å². The maximum atomic E-state index is 12.5. The Hall–Kier alpha value is -2.17. The number of carbonyl (C=O) groups excluding carboxylic acids is 1. The molecule has 0 spiro atoms. The van der Waals surface area contributed by atoms with Gasteiger partial charge in [0.25, 0.3) is 5.91 Å². The highest BCUT2D eigenvalue weighted by Gasteiger charge is 2.13. The third-order valence-corrected chi connectivity index (χ3v) is 3.79. The molecule has 0 radical (unpaired) electrons. The Kier molecular flexibility index (Phi) is 4.46. The Morgan fingerprint density at radius 1 is 1.13 bits per heavy atom. The molecule has 2 N–H and O–H groups in total. The van der Waals surface area contributed by atoms with Crippen molar-refractivity contribution in [3.05, 3.63) is 58.2 Å². The van der Waals surface area contributed by atoms with E-state index in [1.807, 2.05) is 13.0 Å². The van der Waals surface area contributed by atoms with Gasteiger partial charge in [0.05, 0.1) is 12.3 Å². The van der Waals surface area contributed by atoms with Gasteiger partial charge in [-0.2, -0.15) is 0 Å². The van der Waals surface area contributed by atoms with Crippen molar-refractivity contribution >= 4 is 45.7 Å². The van der Waals surface area contributed by atoms with Gasteiger partial charge in [-0.15, -0.1) is 0 Å². The number of fused-ring (bicyclic) bond motifs is 1. The molecule has 4 nitrogen and oxygen atoms in total. The van der Waals surface area contributed by atoms with Crippen LogP contribution in [-0.4, -0.2) is 17.5 Å². The van der Waals surface area contributed by atoms with E-state index in [2.05, 4.69) is 10.3 Å². The number of anilines is 1. The van der Waals surface area contributed by atoms with Crippen LogP contribution in [0.25, 0.3) is 10.9 Å². The number of aromatic nitrogens is 1. The molecular formula is C17H14Cl2N2O2. The Balaban J connectivity index is 1.89. The van der Waals surface area contributed by atoms with Crippen molar-refractivity contribution in [2.45, 2.75) is 6.92 Å². The van der Waals surface area contributed by atoms with Crippen LogP contribution >= 0.6 is 23.2 Å². The molecule has 1 heterocycles. The fraction of sp³-hybridized carbons (Fsp3) is 0.118. The molecule has 0 saturated heterocycles. The van der Waals surface area contributed by atoms with Gasteiger partial charge in [-0.25, -0.2) is 0 Å². The van der Waals surface area contributed by atoms with E-state index in [9.17, 15) is 4.79 Å². The van der Waals surface area contributed by atoms with Crippen molar-refractivity contribution in [3.63, 3.8) is 0 Å². The zero-order chi connectivity index (χ0) is 16.4. The molecule has 2 aromatic carbocycles. The van der Waals surface area contributed by atoms with Crippen molar-refractivity contribution in [1.29, 1.82) is 0 Å². The fourth-order valence-corrected chi connectivity index (χ4v) is 2.64. The number of carbonyl (C=O) groups is 1. The lowest BCUT2D eigenvalue weighted by molar-refractivity contribution is 0.102. The number of ether oxygens (including phenoxy) is 1. The average Bonchev–Trinajstić information content (AvgIpc) is 2.93. The number of H-pyrrole nitrogens is 1. The van der Waals surface area contributed by atoms with Gasteiger partial charge in [0.15, 0.2) is 0 Å². The van der Waals surface area contributed by atoms with E-state index < -0.39 is 0 Å². The quantitative estimate of drug-likeness (QED) is 0.686. The Morgan fingerprint density at radius 2 is 1.87 bits per heavy atom. The van der Waals surface area contributed by atoms with Crippen LogP contribution in [0.5, 0.6) is 5.75 Å². The third-order valence-electron chi connectivity index (χ3n) is 3.32. The van der Waals surface area contributed by atoms with Gasteiger partial charge in [-0.3, -0.25) is 4.79 Å². The summed E-state index contributed by atoms with van der Waals surface area (Å²) in [4.78, 5) is 15.5. The van der Waals surface area contributed by atoms with Crippen LogP contribution in [-0.2, 0) is 0 Å². The van der Waals surface area contributed by atoms with Gasteiger partial charge < -0.3 is 15.0 Å². The van der Waals surface area contributed by atoms with Crippen LogP contribution < -0.4 is 10.1 Å². The van der Waals surface area contributed by atoms with Gasteiger partial charge in [0, 0.05) is 20.9 Å². The predicted molar refractivity (Wildman–Crippen MR) is 93.9 cm³/mol. The number of hydrogen-bond donors (Lipinski definition) is 2. The molecule has 0 atom stereocenters. The summed E-state index contributed by atoms with van der Waals surface area (Å²) in [6.07, 6.45) is 0. The predicted octanol–water partition coefficient (Wildman–Crippen LogP) is 5.13. The Morgan fingerprint density at radius 3 is 2.65 bits per heavy atom. The van der Waals surface area contributed by atoms with Gasteiger partial charge in [-0.05, 0) is 43.3 Å². The number of benzene rings is 2. The van der Waals surface area contributed by atoms with E-state index in [1.165, 1.54) is 0 Å². The first-order valence-electron chi connectivity index (χ1n) is 7.09. The monoisotopic (exact) mass is 348 g/mol. The molecule has 3 aromatic rings. The van der Waals surface area contributed by atoms with Crippen LogP contribution in [0.15, 0.2) is 42.5 Å². The van der Waals surface area contributed by atoms with Crippen molar-refractivity contribution in [2.24, 2.45) is 0 Å². The second kappa shape index (κ2) is 6.52. The molecule has 118 valence electrons. The molecule has 0 unspecified atom stereocenters. The lowest BCUT2D eigenvalue weighted by Gasteiger charge is -2.11. The lowest BCUT2D eigenvalue weighted by atomic mass is 10.2. The smallest absolute Gasteiger partial charge is 0.272 e. The van der Waals surface area contributed by atoms with Crippen molar-refractivity contribution in [3.8, 4) is 5.75 Å². The number of amides is 1. The van der Waals surface area contributed by atoms with E-state index in [-0.39, 0.29) is 5.91 Å². The molecule has 1 amide bonds. The second-order valence-electron chi connectivity index (χ2n) is 4.94. The summed E-state index contributed by atoms with van der Waals surface area (Å²) in [6, 6.07) is 12.3. The van der Waals surface area contributed by atoms with Crippen LogP contribution in [0, 0.1) is 0 Å². The molecule has 0 aliphatic carbocycles. The molecule has 23 heavy (non-hydrogen) atoms. The largest absolute Gasteiger partial charge is 0.492 e. The first kappa shape index (κ1) is 15.7. The maximum absolute atomic E-state index is 12.5. The molecule has 0 aliphatic rings. The molecule has 6 heteroatoms. The van der Waals surface area contributed by atoms with Crippen molar-refractivity contribution < 1.29 is 9.53 Å². The highest BCUT2D eigenvalue weighted by molar-refractivity contribution is 6.31. The number of hydrogen-bond acceptors (Lipinski definition) is 2. The minimum atomic E-state index is -0.277. The van der Waals surface area contributed by atoms with Crippen LogP contribution in [0.4, 0.5) is 5.69 Å². The fourth-order valence-electron chi connectivity index (χ4n) is 2.29. The molecule has 3 rings (SSSR count). The second-order valence-corrected chi connectivity index (χ2v) is 5.82. The molecular weight excluding hydrogens is 335 g/mol. The number of nitrogens with one attached hydrogen (secondary N) is 2. The van der Waals surface area contributed by atoms with Crippen LogP contribution in [0.1, 0.15) is 17.4 Å². The van der Waals surface area contributed by atoms with Crippen molar-refractivity contribution in [2.75, 3.05) is 11.9 Å². The van der Waals surface area contributed by atoms with Gasteiger partial charge in [0.2, 0.25) is 0 Å². The summed E-state index contributed by atoms with van der Waals surface area (Å²) >= 11 is 12.0. The normalized spacial score (nSPS) is 10.7. The maximum Gasteiger partial charge on any atom is 0.272 e. The highest BCUT2D eigenvalue weighted by Crippen LogP contribution is 2.29. The van der Waals surface area contributed by atoms with E-state index in [0.29, 0.717) is 33.8 Å². The number of halogens is 2. The number of rotatable bonds is 4. The zero-order valence-corrected chi connectivity index (χ0v) is 13.8. The molecule has 0 bridgehead atoms. The summed E-state index contributed by atoms with van der Waals surface area (Å²) in [5.41, 5.74) is 1.77. The zero-order valence-electron chi connectivity index (χ0n) is 12.3. The van der Waals surface area contributed by atoms with E-state index in [4.69, 9.17) is 27.9 Å². The minimum Gasteiger partial charge on any atom is -0.492 e. The van der Waals surface area contributed by atoms with Gasteiger partial charge in [-0.1, -0.05) is 29.3 Å². The van der Waals surface area contributed by atoms with Crippen LogP contribution in [0.2, 0.25) is 10.0 Å². The Labute approximate surface area is 143 Å². The first-order chi connectivity index (χ1) is 11.1. The summed E-state index contributed by atoms with van der Waals surface area (Å²) < 4.78 is 5.50. The topological polar surface area (TPSA) is 54.1 Å². The summed E-state index contributed by atoms with van der Waals surface area (Å²) in [5.74, 6) is 0.296. The molecule has 1 aromatic heterocycles. The van der Waals surface area contributed by atoms with E-state index in [0.717, 1.165) is 10.9 Å². The summed E-state index contributed by atoms with van der Waals surface area (Å²) in [7, 11) is 0. The standard InChI is InChI=1S/C17H14Cl2N2O2/c1-2-23-16-6-5-12(19)9-14(16)21-17(22)15-7-10-3-4-11(18)8-13(10)20-15/h3-9,20H,2H2,1H3,(H,21,22). The van der Waals surface area contributed by atoms with E-state index in [1.54, 1.807) is 36.4 Å². The molecule has 0 saturated carbocycles.